The topological polar surface area (TPSA) is 93.8 Å². The van der Waals surface area contributed by atoms with E-state index in [0.717, 1.165) is 21.3 Å². The SMILES string of the molecule is Cc1nnc(NC(=O)c2nccc3c(N)ccc(C)c23)s1. The summed E-state index contributed by atoms with van der Waals surface area (Å²) >= 11 is 1.32. The van der Waals surface area contributed by atoms with Crippen LogP contribution in [0.2, 0.25) is 0 Å². The van der Waals surface area contributed by atoms with Gasteiger partial charge in [0.1, 0.15) is 10.7 Å². The molecule has 0 aliphatic rings. The van der Waals surface area contributed by atoms with Gasteiger partial charge in [-0.3, -0.25) is 15.1 Å². The number of benzene rings is 1. The lowest BCUT2D eigenvalue weighted by Gasteiger charge is -2.09. The molecule has 106 valence electrons. The molecule has 0 radical (unpaired) electrons. The highest BCUT2D eigenvalue weighted by atomic mass is 32.1. The third-order valence-corrected chi connectivity index (χ3v) is 3.88. The molecular weight excluding hydrogens is 286 g/mol. The van der Waals surface area contributed by atoms with Crippen LogP contribution in [0, 0.1) is 13.8 Å². The lowest BCUT2D eigenvalue weighted by Crippen LogP contribution is -2.14. The van der Waals surface area contributed by atoms with Crippen molar-refractivity contribution in [1.29, 1.82) is 0 Å². The molecule has 7 heteroatoms. The van der Waals surface area contributed by atoms with Crippen LogP contribution in [0.5, 0.6) is 0 Å². The number of anilines is 2. The second-order valence-corrected chi connectivity index (χ2v) is 5.82. The summed E-state index contributed by atoms with van der Waals surface area (Å²) in [6, 6.07) is 5.52. The molecule has 0 bridgehead atoms. The monoisotopic (exact) mass is 299 g/mol. The summed E-state index contributed by atoms with van der Waals surface area (Å²) in [5, 5.41) is 13.3. The zero-order valence-electron chi connectivity index (χ0n) is 11.5. The number of nitrogens with zero attached hydrogens (tertiary/aromatic N) is 3. The van der Waals surface area contributed by atoms with Crippen molar-refractivity contribution in [1.82, 2.24) is 15.2 Å². The number of nitrogens with one attached hydrogen (secondary N) is 1. The minimum absolute atomic E-state index is 0.314. The van der Waals surface area contributed by atoms with Gasteiger partial charge in [0, 0.05) is 22.7 Å². The summed E-state index contributed by atoms with van der Waals surface area (Å²) in [6.45, 7) is 3.75. The van der Waals surface area contributed by atoms with Crippen LogP contribution in [0.3, 0.4) is 0 Å². The number of pyridine rings is 1. The smallest absolute Gasteiger partial charge is 0.276 e. The lowest BCUT2D eigenvalue weighted by atomic mass is 10.0. The minimum Gasteiger partial charge on any atom is -0.398 e. The van der Waals surface area contributed by atoms with E-state index >= 15 is 0 Å². The van der Waals surface area contributed by atoms with Crippen molar-refractivity contribution in [2.24, 2.45) is 0 Å². The van der Waals surface area contributed by atoms with E-state index in [1.165, 1.54) is 11.3 Å². The first-order chi connectivity index (χ1) is 10.1. The number of fused-ring (bicyclic) bond motifs is 1. The fourth-order valence-electron chi connectivity index (χ4n) is 2.16. The van der Waals surface area contributed by atoms with Crippen LogP contribution in [0.1, 0.15) is 21.1 Å². The van der Waals surface area contributed by atoms with Crippen LogP contribution in [-0.2, 0) is 0 Å². The number of rotatable bonds is 2. The summed E-state index contributed by atoms with van der Waals surface area (Å²) in [7, 11) is 0. The molecule has 0 unspecified atom stereocenters. The van der Waals surface area contributed by atoms with Gasteiger partial charge >= 0.3 is 0 Å². The van der Waals surface area contributed by atoms with E-state index in [1.54, 1.807) is 6.20 Å². The van der Waals surface area contributed by atoms with Gasteiger partial charge in [0.2, 0.25) is 5.13 Å². The van der Waals surface area contributed by atoms with Crippen molar-refractivity contribution in [3.8, 4) is 0 Å². The van der Waals surface area contributed by atoms with Gasteiger partial charge in [0.25, 0.3) is 5.91 Å². The van der Waals surface area contributed by atoms with E-state index in [9.17, 15) is 4.79 Å². The van der Waals surface area contributed by atoms with Crippen molar-refractivity contribution in [3.63, 3.8) is 0 Å². The molecule has 3 aromatic rings. The fraction of sp³-hybridized carbons (Fsp3) is 0.143. The zero-order valence-corrected chi connectivity index (χ0v) is 12.4. The minimum atomic E-state index is -0.314. The van der Waals surface area contributed by atoms with Crippen LogP contribution in [0.25, 0.3) is 10.8 Å². The van der Waals surface area contributed by atoms with Gasteiger partial charge < -0.3 is 5.73 Å². The molecule has 0 fully saturated rings. The summed E-state index contributed by atoms with van der Waals surface area (Å²) in [6.07, 6.45) is 1.58. The molecule has 0 atom stereocenters. The normalized spacial score (nSPS) is 10.8. The predicted molar refractivity (Wildman–Crippen MR) is 83.5 cm³/mol. The first-order valence-electron chi connectivity index (χ1n) is 6.31. The predicted octanol–water partition coefficient (Wildman–Crippen LogP) is 2.54. The standard InChI is InChI=1S/C14H13N5OS/c1-7-3-4-10(15)9-5-6-16-12(11(7)9)13(20)17-14-19-18-8(2)21-14/h3-6H,15H2,1-2H3,(H,17,19,20). The van der Waals surface area contributed by atoms with Crippen molar-refractivity contribution >= 4 is 38.8 Å². The van der Waals surface area contributed by atoms with E-state index in [2.05, 4.69) is 20.5 Å². The molecule has 21 heavy (non-hydrogen) atoms. The number of nitrogens with two attached hydrogens (primary N) is 1. The van der Waals surface area contributed by atoms with Gasteiger partial charge in [-0.25, -0.2) is 0 Å². The molecule has 6 nitrogen and oxygen atoms in total. The van der Waals surface area contributed by atoms with Crippen molar-refractivity contribution in [2.45, 2.75) is 13.8 Å². The maximum atomic E-state index is 12.4. The molecule has 2 aromatic heterocycles. The number of nitrogen functional groups attached to an aromatic ring is 1. The van der Waals surface area contributed by atoms with Crippen molar-refractivity contribution < 1.29 is 4.79 Å². The van der Waals surface area contributed by atoms with E-state index in [0.29, 0.717) is 16.5 Å². The molecule has 3 rings (SSSR count). The Bertz CT molecular complexity index is 842. The zero-order chi connectivity index (χ0) is 15.0. The second kappa shape index (κ2) is 5.10. The lowest BCUT2D eigenvalue weighted by molar-refractivity contribution is 0.102. The van der Waals surface area contributed by atoms with E-state index < -0.39 is 0 Å². The average Bonchev–Trinajstić information content (AvgIpc) is 2.87. The summed E-state index contributed by atoms with van der Waals surface area (Å²) in [5.74, 6) is -0.314. The summed E-state index contributed by atoms with van der Waals surface area (Å²) in [4.78, 5) is 16.6. The molecule has 0 aliphatic carbocycles. The third kappa shape index (κ3) is 2.43. The number of aryl methyl sites for hydroxylation is 2. The Labute approximate surface area is 125 Å². The Morgan fingerprint density at radius 1 is 1.24 bits per heavy atom. The highest BCUT2D eigenvalue weighted by Crippen LogP contribution is 2.27. The first-order valence-corrected chi connectivity index (χ1v) is 7.13. The number of carbonyl (C=O) groups excluding carboxylic acids is 1. The molecule has 0 aliphatic heterocycles. The molecule has 3 N–H and O–H groups in total. The van der Waals surface area contributed by atoms with Crippen LogP contribution >= 0.6 is 11.3 Å². The fourth-order valence-corrected chi connectivity index (χ4v) is 2.75. The van der Waals surface area contributed by atoms with Crippen LogP contribution in [0.15, 0.2) is 24.4 Å². The highest BCUT2D eigenvalue weighted by Gasteiger charge is 2.16. The molecular formula is C14H13N5OS. The van der Waals surface area contributed by atoms with E-state index in [1.807, 2.05) is 32.0 Å². The van der Waals surface area contributed by atoms with E-state index in [4.69, 9.17) is 5.73 Å². The molecule has 0 saturated heterocycles. The highest BCUT2D eigenvalue weighted by molar-refractivity contribution is 7.15. The Balaban J connectivity index is 2.08. The van der Waals surface area contributed by atoms with Crippen LogP contribution in [-0.4, -0.2) is 21.1 Å². The first kappa shape index (κ1) is 13.4. The summed E-state index contributed by atoms with van der Waals surface area (Å²) in [5.41, 5.74) is 7.88. The maximum Gasteiger partial charge on any atom is 0.276 e. The van der Waals surface area contributed by atoms with Gasteiger partial charge in [-0.1, -0.05) is 17.4 Å². The van der Waals surface area contributed by atoms with Crippen LogP contribution in [0.4, 0.5) is 10.8 Å². The van der Waals surface area contributed by atoms with Gasteiger partial charge in [0.15, 0.2) is 0 Å². The maximum absolute atomic E-state index is 12.4. The van der Waals surface area contributed by atoms with Gasteiger partial charge in [-0.15, -0.1) is 10.2 Å². The number of hydrogen-bond donors (Lipinski definition) is 2. The number of carbonyl (C=O) groups is 1. The molecule has 1 amide bonds. The third-order valence-electron chi connectivity index (χ3n) is 3.13. The Morgan fingerprint density at radius 2 is 2.05 bits per heavy atom. The van der Waals surface area contributed by atoms with Crippen molar-refractivity contribution in [2.75, 3.05) is 11.1 Å². The van der Waals surface area contributed by atoms with Crippen molar-refractivity contribution in [3.05, 3.63) is 40.7 Å². The number of aromatic nitrogens is 3. The Hall–Kier alpha value is -2.54. The largest absolute Gasteiger partial charge is 0.398 e. The second-order valence-electron chi connectivity index (χ2n) is 4.63. The molecule has 2 heterocycles. The van der Waals surface area contributed by atoms with Gasteiger partial charge in [-0.2, -0.15) is 0 Å². The number of hydrogen-bond acceptors (Lipinski definition) is 6. The Kier molecular flexibility index (Phi) is 3.26. The molecule has 1 aromatic carbocycles. The quantitative estimate of drug-likeness (QED) is 0.709. The Morgan fingerprint density at radius 3 is 2.76 bits per heavy atom. The molecule has 0 spiro atoms. The van der Waals surface area contributed by atoms with E-state index in [-0.39, 0.29) is 5.91 Å². The van der Waals surface area contributed by atoms with Gasteiger partial charge in [0.05, 0.1) is 0 Å². The van der Waals surface area contributed by atoms with Crippen LogP contribution < -0.4 is 11.1 Å². The average molecular weight is 299 g/mol. The molecule has 0 saturated carbocycles. The number of amides is 1. The van der Waals surface area contributed by atoms with Gasteiger partial charge in [-0.05, 0) is 31.5 Å². The summed E-state index contributed by atoms with van der Waals surface area (Å²) < 4.78 is 0.